The van der Waals surface area contributed by atoms with E-state index in [1.807, 2.05) is 30.3 Å². The summed E-state index contributed by atoms with van der Waals surface area (Å²) >= 11 is 5.99. The molecule has 0 heterocycles. The van der Waals surface area contributed by atoms with E-state index in [1.54, 1.807) is 14.0 Å². The van der Waals surface area contributed by atoms with Crippen molar-refractivity contribution in [3.63, 3.8) is 0 Å². The smallest absolute Gasteiger partial charge is 0.140 e. The summed E-state index contributed by atoms with van der Waals surface area (Å²) in [5, 5.41) is 0.653. The molecular weight excluding hydrogens is 284 g/mol. The standard InChI is InChI=1S/C18H17ClO2/c1-12(20)18(9-10-18)14-5-3-13(4-6-14)16-8-7-15(19)11-17(16)21-2/h3-8,11H,9-10H2,1-2H3. The molecule has 0 atom stereocenters. The van der Waals surface area contributed by atoms with Gasteiger partial charge in [-0.3, -0.25) is 4.79 Å². The van der Waals surface area contributed by atoms with Gasteiger partial charge >= 0.3 is 0 Å². The summed E-state index contributed by atoms with van der Waals surface area (Å²) in [6.45, 7) is 1.68. The van der Waals surface area contributed by atoms with E-state index in [9.17, 15) is 4.79 Å². The highest BCUT2D eigenvalue weighted by atomic mass is 35.5. The summed E-state index contributed by atoms with van der Waals surface area (Å²) in [4.78, 5) is 11.8. The number of hydrogen-bond acceptors (Lipinski definition) is 2. The van der Waals surface area contributed by atoms with Crippen molar-refractivity contribution in [2.24, 2.45) is 0 Å². The highest BCUT2D eigenvalue weighted by Crippen LogP contribution is 2.49. The third-order valence-electron chi connectivity index (χ3n) is 4.34. The van der Waals surface area contributed by atoms with Crippen LogP contribution in [-0.2, 0) is 10.2 Å². The summed E-state index contributed by atoms with van der Waals surface area (Å²) < 4.78 is 5.39. The maximum atomic E-state index is 11.8. The van der Waals surface area contributed by atoms with Crippen LogP contribution >= 0.6 is 11.6 Å². The molecule has 2 aromatic carbocycles. The topological polar surface area (TPSA) is 26.3 Å². The highest BCUT2D eigenvalue weighted by Gasteiger charge is 2.48. The van der Waals surface area contributed by atoms with Crippen LogP contribution in [0, 0.1) is 0 Å². The summed E-state index contributed by atoms with van der Waals surface area (Å²) in [7, 11) is 1.64. The van der Waals surface area contributed by atoms with E-state index < -0.39 is 0 Å². The van der Waals surface area contributed by atoms with E-state index >= 15 is 0 Å². The van der Waals surface area contributed by atoms with E-state index in [2.05, 4.69) is 12.1 Å². The average Bonchev–Trinajstić information content (AvgIpc) is 3.29. The van der Waals surface area contributed by atoms with Crippen LogP contribution in [0.25, 0.3) is 11.1 Å². The molecule has 1 saturated carbocycles. The highest BCUT2D eigenvalue weighted by molar-refractivity contribution is 6.30. The number of ether oxygens (including phenoxy) is 1. The van der Waals surface area contributed by atoms with Crippen LogP contribution < -0.4 is 4.74 Å². The van der Waals surface area contributed by atoms with Crippen LogP contribution in [0.5, 0.6) is 5.75 Å². The zero-order valence-corrected chi connectivity index (χ0v) is 12.9. The molecule has 2 nitrogen and oxygen atoms in total. The number of benzene rings is 2. The number of Topliss-reactive ketones (excluding diaryl/α,β-unsaturated/α-hetero) is 1. The summed E-state index contributed by atoms with van der Waals surface area (Å²) in [6, 6.07) is 13.8. The van der Waals surface area contributed by atoms with E-state index in [4.69, 9.17) is 16.3 Å². The monoisotopic (exact) mass is 300 g/mol. The number of carbonyl (C=O) groups is 1. The molecule has 0 amide bonds. The first-order chi connectivity index (χ1) is 10.1. The van der Waals surface area contributed by atoms with Gasteiger partial charge in [-0.05, 0) is 49.1 Å². The van der Waals surface area contributed by atoms with Crippen molar-refractivity contribution in [3.05, 3.63) is 53.1 Å². The Labute approximate surface area is 129 Å². The molecule has 2 aromatic rings. The molecule has 0 unspecified atom stereocenters. The molecule has 0 bridgehead atoms. The normalized spacial score (nSPS) is 15.6. The molecule has 0 aliphatic heterocycles. The lowest BCUT2D eigenvalue weighted by Crippen LogP contribution is -2.16. The van der Waals surface area contributed by atoms with Gasteiger partial charge in [0.25, 0.3) is 0 Å². The first kappa shape index (κ1) is 14.2. The molecule has 0 N–H and O–H groups in total. The van der Waals surface area contributed by atoms with Gasteiger partial charge in [-0.2, -0.15) is 0 Å². The minimum absolute atomic E-state index is 0.220. The number of halogens is 1. The number of rotatable bonds is 4. The molecule has 1 aliphatic rings. The average molecular weight is 301 g/mol. The minimum atomic E-state index is -0.220. The molecule has 3 rings (SSSR count). The maximum absolute atomic E-state index is 11.8. The van der Waals surface area contributed by atoms with Crippen LogP contribution in [0.2, 0.25) is 5.02 Å². The Morgan fingerprint density at radius 3 is 2.33 bits per heavy atom. The van der Waals surface area contributed by atoms with Gasteiger partial charge in [0.05, 0.1) is 12.5 Å². The molecule has 1 aliphatic carbocycles. The number of ketones is 1. The first-order valence-corrected chi connectivity index (χ1v) is 7.40. The van der Waals surface area contributed by atoms with Gasteiger partial charge in [-0.25, -0.2) is 0 Å². The Balaban J connectivity index is 1.97. The van der Waals surface area contributed by atoms with Gasteiger partial charge in [0, 0.05) is 10.6 Å². The largest absolute Gasteiger partial charge is 0.496 e. The molecule has 1 fully saturated rings. The van der Waals surface area contributed by atoms with Gasteiger partial charge in [0.15, 0.2) is 0 Å². The molecule has 21 heavy (non-hydrogen) atoms. The fraction of sp³-hybridized carbons (Fsp3) is 0.278. The van der Waals surface area contributed by atoms with Crippen molar-refractivity contribution in [1.29, 1.82) is 0 Å². The Morgan fingerprint density at radius 2 is 1.81 bits per heavy atom. The van der Waals surface area contributed by atoms with Gasteiger partial charge in [0.2, 0.25) is 0 Å². The second-order valence-corrected chi connectivity index (χ2v) is 6.00. The number of carbonyl (C=O) groups excluding carboxylic acids is 1. The zero-order chi connectivity index (χ0) is 15.0. The molecular formula is C18H17ClO2. The van der Waals surface area contributed by atoms with Crippen molar-refractivity contribution in [3.8, 4) is 16.9 Å². The predicted molar refractivity (Wildman–Crippen MR) is 85.0 cm³/mol. The lowest BCUT2D eigenvalue weighted by molar-refractivity contribution is -0.119. The molecule has 3 heteroatoms. The Morgan fingerprint density at radius 1 is 1.14 bits per heavy atom. The molecule has 0 saturated heterocycles. The summed E-state index contributed by atoms with van der Waals surface area (Å²) in [5.41, 5.74) is 2.96. The van der Waals surface area contributed by atoms with Crippen molar-refractivity contribution in [2.75, 3.05) is 7.11 Å². The summed E-state index contributed by atoms with van der Waals surface area (Å²) in [5.74, 6) is 1.02. The van der Waals surface area contributed by atoms with Crippen molar-refractivity contribution >= 4 is 17.4 Å². The van der Waals surface area contributed by atoms with Crippen LogP contribution in [0.1, 0.15) is 25.3 Å². The van der Waals surface area contributed by atoms with Crippen LogP contribution in [0.4, 0.5) is 0 Å². The van der Waals surface area contributed by atoms with Crippen molar-refractivity contribution in [2.45, 2.75) is 25.2 Å². The van der Waals surface area contributed by atoms with Crippen molar-refractivity contribution in [1.82, 2.24) is 0 Å². The SMILES string of the molecule is COc1cc(Cl)ccc1-c1ccc(C2(C(C)=O)CC2)cc1. The molecule has 108 valence electrons. The Kier molecular flexibility index (Phi) is 3.50. The van der Waals surface area contributed by atoms with E-state index in [-0.39, 0.29) is 11.2 Å². The lowest BCUT2D eigenvalue weighted by Gasteiger charge is -2.14. The quantitative estimate of drug-likeness (QED) is 0.822. The van der Waals surface area contributed by atoms with E-state index in [0.29, 0.717) is 5.02 Å². The molecule has 0 radical (unpaired) electrons. The fourth-order valence-electron chi connectivity index (χ4n) is 2.84. The molecule has 0 aromatic heterocycles. The third-order valence-corrected chi connectivity index (χ3v) is 4.57. The van der Waals surface area contributed by atoms with Gasteiger partial charge in [0.1, 0.15) is 11.5 Å². The lowest BCUT2D eigenvalue weighted by atomic mass is 9.90. The second kappa shape index (κ2) is 5.19. The van der Waals surface area contributed by atoms with Crippen LogP contribution in [0.3, 0.4) is 0 Å². The number of methoxy groups -OCH3 is 1. The van der Waals surface area contributed by atoms with Crippen LogP contribution in [-0.4, -0.2) is 12.9 Å². The number of hydrogen-bond donors (Lipinski definition) is 0. The predicted octanol–water partition coefficient (Wildman–Crippen LogP) is 4.64. The second-order valence-electron chi connectivity index (χ2n) is 5.56. The van der Waals surface area contributed by atoms with Gasteiger partial charge in [-0.1, -0.05) is 35.9 Å². The Hall–Kier alpha value is -1.80. The Bertz CT molecular complexity index is 685. The van der Waals surface area contributed by atoms with E-state index in [1.165, 1.54) is 0 Å². The zero-order valence-electron chi connectivity index (χ0n) is 12.2. The fourth-order valence-corrected chi connectivity index (χ4v) is 3.00. The van der Waals surface area contributed by atoms with Gasteiger partial charge < -0.3 is 4.74 Å². The minimum Gasteiger partial charge on any atom is -0.496 e. The third kappa shape index (κ3) is 2.44. The van der Waals surface area contributed by atoms with Crippen molar-refractivity contribution < 1.29 is 9.53 Å². The van der Waals surface area contributed by atoms with E-state index in [0.717, 1.165) is 35.3 Å². The summed E-state index contributed by atoms with van der Waals surface area (Å²) in [6.07, 6.45) is 1.93. The van der Waals surface area contributed by atoms with Crippen LogP contribution in [0.15, 0.2) is 42.5 Å². The molecule has 0 spiro atoms. The van der Waals surface area contributed by atoms with Gasteiger partial charge in [-0.15, -0.1) is 0 Å². The first-order valence-electron chi connectivity index (χ1n) is 7.02. The maximum Gasteiger partial charge on any atom is 0.140 e.